The van der Waals surface area contributed by atoms with Crippen LogP contribution in [0, 0.1) is 0 Å². The van der Waals surface area contributed by atoms with Gasteiger partial charge in [0.25, 0.3) is 0 Å². The number of benzene rings is 1. The van der Waals surface area contributed by atoms with E-state index < -0.39 is 12.6 Å². The molecule has 82 valence electrons. The average Bonchev–Trinajstić information content (AvgIpc) is 2.02. The Morgan fingerprint density at radius 2 is 2.00 bits per heavy atom. The first kappa shape index (κ1) is 17.6. The molecule has 0 amide bonds. The number of hydrogen-bond donors (Lipinski definition) is 1. The average molecular weight is 376 g/mol. The molecule has 1 aromatic carbocycles. The molecule has 3 nitrogen and oxygen atoms in total. The summed E-state index contributed by atoms with van der Waals surface area (Å²) in [6.45, 7) is -0.415. The van der Waals surface area contributed by atoms with E-state index in [0.717, 1.165) is 0 Å². The van der Waals surface area contributed by atoms with E-state index in [0.29, 0.717) is 15.8 Å². The van der Waals surface area contributed by atoms with Gasteiger partial charge in [-0.1, -0.05) is 23.2 Å². The first-order valence-electron chi connectivity index (χ1n) is 3.39. The van der Waals surface area contributed by atoms with E-state index >= 15 is 0 Å². The summed E-state index contributed by atoms with van der Waals surface area (Å²) in [6, 6.07) is 4.58. The van der Waals surface area contributed by atoms with E-state index in [2.05, 4.69) is 0 Å². The molecule has 0 saturated carbocycles. The van der Waals surface area contributed by atoms with Gasteiger partial charge in [-0.3, -0.25) is 0 Å². The smallest absolute Gasteiger partial charge is 0.341 e. The largest absolute Gasteiger partial charge is 0.480 e. The van der Waals surface area contributed by atoms with Crippen LogP contribution in [-0.4, -0.2) is 41.6 Å². The summed E-state index contributed by atoms with van der Waals surface area (Å²) in [5.74, 6) is -0.737. The van der Waals surface area contributed by atoms with Gasteiger partial charge in [-0.25, -0.2) is 4.79 Å². The van der Waals surface area contributed by atoms with Gasteiger partial charge in [0, 0.05) is 28.9 Å². The second-order valence-corrected chi connectivity index (χ2v) is 3.10. The number of ether oxygens (including phenoxy) is 1. The van der Waals surface area contributed by atoms with E-state index in [4.69, 9.17) is 33.0 Å². The van der Waals surface area contributed by atoms with Gasteiger partial charge in [-0.15, -0.1) is 12.4 Å². The number of aliphatic carboxylic acids is 1. The number of carboxylic acid groups (broad SMARTS) is 1. The summed E-state index contributed by atoms with van der Waals surface area (Å²) < 4.78 is 4.86. The Bertz CT molecular complexity index is 333. The van der Waals surface area contributed by atoms with E-state index in [-0.39, 0.29) is 36.3 Å². The summed E-state index contributed by atoms with van der Waals surface area (Å²) in [5, 5.41) is 9.11. The Kier molecular flexibility index (Phi) is 9.74. The molecule has 15 heavy (non-hydrogen) atoms. The molecule has 0 aliphatic carbocycles. The maximum absolute atomic E-state index is 10.2. The van der Waals surface area contributed by atoms with Crippen LogP contribution in [0.25, 0.3) is 0 Å². The molecule has 0 aromatic heterocycles. The van der Waals surface area contributed by atoms with Crippen LogP contribution in [-0.2, 0) is 4.79 Å². The molecule has 0 unspecified atom stereocenters. The predicted molar refractivity (Wildman–Crippen MR) is 62.6 cm³/mol. The fraction of sp³-hybridized carbons (Fsp3) is 0.125. The van der Waals surface area contributed by atoms with Gasteiger partial charge in [0.1, 0.15) is 5.75 Å². The topological polar surface area (TPSA) is 46.5 Å². The summed E-state index contributed by atoms with van der Waals surface area (Å²) in [4.78, 5) is 10.2. The maximum Gasteiger partial charge on any atom is 0.341 e. The molecule has 0 spiro atoms. The summed E-state index contributed by atoms with van der Waals surface area (Å²) >= 11 is 11.3. The van der Waals surface area contributed by atoms with Gasteiger partial charge in [-0.05, 0) is 18.2 Å². The van der Waals surface area contributed by atoms with Crippen molar-refractivity contribution in [3.8, 4) is 5.75 Å². The molecule has 0 saturated heterocycles. The quantitative estimate of drug-likeness (QED) is 0.825. The Morgan fingerprint density at radius 1 is 1.40 bits per heavy atom. The Morgan fingerprint density at radius 3 is 2.47 bits per heavy atom. The van der Waals surface area contributed by atoms with Crippen LogP contribution in [0.3, 0.4) is 0 Å². The molecule has 0 bridgehead atoms. The van der Waals surface area contributed by atoms with E-state index in [1.165, 1.54) is 12.1 Å². The molecule has 1 N–H and O–H groups in total. The van der Waals surface area contributed by atoms with Crippen LogP contribution in [0.5, 0.6) is 5.75 Å². The zero-order chi connectivity index (χ0) is 9.84. The van der Waals surface area contributed by atoms with Gasteiger partial charge >= 0.3 is 5.97 Å². The van der Waals surface area contributed by atoms with Gasteiger partial charge < -0.3 is 9.84 Å². The Hall–Kier alpha value is 0.159. The molecule has 7 heteroatoms. The number of carboxylic acids is 1. The van der Waals surface area contributed by atoms with Crippen molar-refractivity contribution in [3.63, 3.8) is 0 Å². The van der Waals surface area contributed by atoms with E-state index in [1.807, 2.05) is 0 Å². The third-order valence-electron chi connectivity index (χ3n) is 1.25. The van der Waals surface area contributed by atoms with E-state index in [9.17, 15) is 4.79 Å². The molecule has 0 fully saturated rings. The van der Waals surface area contributed by atoms with Crippen molar-refractivity contribution < 1.29 is 14.6 Å². The minimum atomic E-state index is -1.05. The number of carbonyl (C=O) groups is 1. The van der Waals surface area contributed by atoms with Crippen molar-refractivity contribution >= 4 is 65.5 Å². The molecule has 1 rings (SSSR count). The van der Waals surface area contributed by atoms with Crippen molar-refractivity contribution in [2.24, 2.45) is 0 Å². The third-order valence-corrected chi connectivity index (χ3v) is 1.78. The van der Waals surface area contributed by atoms with Crippen LogP contribution in [0.15, 0.2) is 18.2 Å². The van der Waals surface area contributed by atoms with Crippen molar-refractivity contribution in [1.29, 1.82) is 0 Å². The van der Waals surface area contributed by atoms with Gasteiger partial charge in [0.2, 0.25) is 0 Å². The SMILES string of the molecule is Cl.O=C(O)COc1ccc(Cl)cc1Cl.[Sn]. The summed E-state index contributed by atoms with van der Waals surface area (Å²) in [7, 11) is 0. The second kappa shape index (κ2) is 8.33. The van der Waals surface area contributed by atoms with Crippen LogP contribution < -0.4 is 4.74 Å². The standard InChI is InChI=1S/C8H6Cl2O3.ClH.Sn/c9-5-1-2-7(6(10)3-5)13-4-8(11)12;;/h1-3H,4H2,(H,11,12);1H;. The Labute approximate surface area is 120 Å². The van der Waals surface area contributed by atoms with Crippen LogP contribution in [0.2, 0.25) is 10.0 Å². The number of hydrogen-bond acceptors (Lipinski definition) is 2. The molecule has 1 aromatic rings. The normalized spacial score (nSPS) is 8.40. The zero-order valence-corrected chi connectivity index (χ0v) is 12.5. The van der Waals surface area contributed by atoms with Crippen LogP contribution in [0.1, 0.15) is 0 Å². The molecule has 0 heterocycles. The maximum atomic E-state index is 10.2. The molecule has 4 radical (unpaired) electrons. The van der Waals surface area contributed by atoms with Gasteiger partial charge in [0.05, 0.1) is 5.02 Å². The van der Waals surface area contributed by atoms with Gasteiger partial charge in [0.15, 0.2) is 6.61 Å². The van der Waals surface area contributed by atoms with Crippen molar-refractivity contribution in [2.75, 3.05) is 6.61 Å². The van der Waals surface area contributed by atoms with Crippen molar-refractivity contribution in [3.05, 3.63) is 28.2 Å². The third kappa shape index (κ3) is 6.35. The van der Waals surface area contributed by atoms with Crippen molar-refractivity contribution in [2.45, 2.75) is 0 Å². The van der Waals surface area contributed by atoms with Crippen molar-refractivity contribution in [1.82, 2.24) is 0 Å². The zero-order valence-electron chi connectivity index (χ0n) is 7.37. The fourth-order valence-corrected chi connectivity index (χ4v) is 1.19. The van der Waals surface area contributed by atoms with Gasteiger partial charge in [-0.2, -0.15) is 0 Å². The minimum absolute atomic E-state index is 0. The molecule has 0 atom stereocenters. The Balaban J connectivity index is 0. The number of rotatable bonds is 3. The first-order valence-corrected chi connectivity index (χ1v) is 4.15. The monoisotopic (exact) mass is 376 g/mol. The molecule has 0 aliphatic rings. The van der Waals surface area contributed by atoms with Crippen LogP contribution in [0.4, 0.5) is 0 Å². The number of halogens is 3. The molecular weight excluding hydrogens is 369 g/mol. The molecular formula is C8H7Cl3O3Sn. The minimum Gasteiger partial charge on any atom is -0.480 e. The van der Waals surface area contributed by atoms with Crippen LogP contribution >= 0.6 is 35.6 Å². The summed E-state index contributed by atoms with van der Waals surface area (Å²) in [6.07, 6.45) is 0. The van der Waals surface area contributed by atoms with E-state index in [1.54, 1.807) is 6.07 Å². The fourth-order valence-electron chi connectivity index (χ4n) is 0.732. The molecule has 0 aliphatic heterocycles. The second-order valence-electron chi connectivity index (χ2n) is 2.26. The summed E-state index contributed by atoms with van der Waals surface area (Å²) in [5.41, 5.74) is 0. The first-order chi connectivity index (χ1) is 6.09. The predicted octanol–water partition coefficient (Wildman–Crippen LogP) is 2.50.